The Labute approximate surface area is 106 Å². The van der Waals surface area contributed by atoms with E-state index in [1.54, 1.807) is 12.1 Å². The predicted molar refractivity (Wildman–Crippen MR) is 69.6 cm³/mol. The first kappa shape index (κ1) is 13.9. The minimum Gasteiger partial charge on any atom is -0.304 e. The van der Waals surface area contributed by atoms with Crippen LogP contribution in [0, 0.1) is 10.1 Å². The molecule has 0 unspecified atom stereocenters. The molecule has 0 saturated carbocycles. The van der Waals surface area contributed by atoms with Crippen molar-refractivity contribution < 1.29 is 4.92 Å². The van der Waals surface area contributed by atoms with Gasteiger partial charge in [-0.3, -0.25) is 10.1 Å². The number of hydrogen-bond acceptors (Lipinski definition) is 3. The summed E-state index contributed by atoms with van der Waals surface area (Å²) in [5, 5.41) is 10.9. The fourth-order valence-electron chi connectivity index (χ4n) is 1.68. The zero-order chi connectivity index (χ0) is 12.8. The van der Waals surface area contributed by atoms with Gasteiger partial charge in [0.2, 0.25) is 0 Å². The van der Waals surface area contributed by atoms with Crippen LogP contribution in [0.15, 0.2) is 18.2 Å². The Hall–Kier alpha value is -1.13. The maximum Gasteiger partial charge on any atom is 0.288 e. The maximum absolute atomic E-state index is 10.7. The van der Waals surface area contributed by atoms with Crippen molar-refractivity contribution in [3.05, 3.63) is 38.9 Å². The van der Waals surface area contributed by atoms with Gasteiger partial charge in [-0.05, 0) is 31.1 Å². The Balaban J connectivity index is 2.72. The lowest BCUT2D eigenvalue weighted by molar-refractivity contribution is -0.384. The molecule has 0 saturated heterocycles. The molecule has 0 heterocycles. The van der Waals surface area contributed by atoms with E-state index in [1.165, 1.54) is 0 Å². The van der Waals surface area contributed by atoms with Gasteiger partial charge >= 0.3 is 0 Å². The average molecular weight is 257 g/mol. The topological polar surface area (TPSA) is 46.4 Å². The number of nitro benzene ring substituents is 1. The van der Waals surface area contributed by atoms with E-state index in [1.807, 2.05) is 6.07 Å². The predicted octanol–water partition coefficient (Wildman–Crippen LogP) is 3.13. The lowest BCUT2D eigenvalue weighted by Gasteiger charge is -2.17. The smallest absolute Gasteiger partial charge is 0.288 e. The Morgan fingerprint density at radius 3 is 2.53 bits per heavy atom. The molecule has 0 aliphatic rings. The fourth-order valence-corrected chi connectivity index (χ4v) is 1.87. The Kier molecular flexibility index (Phi) is 5.38. The first-order valence-corrected chi connectivity index (χ1v) is 6.11. The van der Waals surface area contributed by atoms with E-state index in [0.29, 0.717) is 0 Å². The van der Waals surface area contributed by atoms with Crippen LogP contribution in [0.5, 0.6) is 0 Å². The third kappa shape index (κ3) is 3.98. The molecule has 0 aromatic heterocycles. The molecule has 1 aromatic carbocycles. The number of likely N-dealkylation sites (N-methyl/N-ethyl adjacent to an activating group) is 1. The van der Waals surface area contributed by atoms with Gasteiger partial charge in [-0.15, -0.1) is 0 Å². The highest BCUT2D eigenvalue weighted by atomic mass is 35.5. The number of halogens is 1. The van der Waals surface area contributed by atoms with Crippen molar-refractivity contribution in [1.82, 2.24) is 4.90 Å². The van der Waals surface area contributed by atoms with Crippen LogP contribution in [-0.2, 0) is 6.42 Å². The molecular formula is C12H17ClN2O2. The summed E-state index contributed by atoms with van der Waals surface area (Å²) in [7, 11) is 0. The minimum atomic E-state index is -0.441. The molecule has 0 aliphatic heterocycles. The summed E-state index contributed by atoms with van der Waals surface area (Å²) in [6, 6.07) is 5.00. The van der Waals surface area contributed by atoms with E-state index in [-0.39, 0.29) is 10.7 Å². The van der Waals surface area contributed by atoms with Crippen LogP contribution in [-0.4, -0.2) is 29.5 Å². The van der Waals surface area contributed by atoms with Crippen molar-refractivity contribution in [3.63, 3.8) is 0 Å². The molecule has 94 valence electrons. The van der Waals surface area contributed by atoms with Crippen LogP contribution in [0.1, 0.15) is 19.4 Å². The van der Waals surface area contributed by atoms with Gasteiger partial charge in [0.25, 0.3) is 5.69 Å². The zero-order valence-electron chi connectivity index (χ0n) is 10.1. The highest BCUT2D eigenvalue weighted by Crippen LogP contribution is 2.25. The second-order valence-electron chi connectivity index (χ2n) is 3.82. The summed E-state index contributed by atoms with van der Waals surface area (Å²) in [5.74, 6) is 0. The number of nitro groups is 1. The minimum absolute atomic E-state index is 0.0105. The number of nitrogens with zero attached hydrogens (tertiary/aromatic N) is 2. The van der Waals surface area contributed by atoms with E-state index in [2.05, 4.69) is 18.7 Å². The fraction of sp³-hybridized carbons (Fsp3) is 0.500. The van der Waals surface area contributed by atoms with Crippen LogP contribution >= 0.6 is 11.6 Å². The van der Waals surface area contributed by atoms with Crippen molar-refractivity contribution in [3.8, 4) is 0 Å². The van der Waals surface area contributed by atoms with Crippen molar-refractivity contribution in [2.45, 2.75) is 20.3 Å². The second-order valence-corrected chi connectivity index (χ2v) is 4.23. The molecule has 0 N–H and O–H groups in total. The van der Waals surface area contributed by atoms with E-state index in [9.17, 15) is 10.1 Å². The Morgan fingerprint density at radius 1 is 1.35 bits per heavy atom. The van der Waals surface area contributed by atoms with Crippen molar-refractivity contribution >= 4 is 17.3 Å². The summed E-state index contributed by atoms with van der Waals surface area (Å²) >= 11 is 5.76. The van der Waals surface area contributed by atoms with Crippen molar-refractivity contribution in [1.29, 1.82) is 0 Å². The summed E-state index contributed by atoms with van der Waals surface area (Å²) in [6.45, 7) is 7.10. The lowest BCUT2D eigenvalue weighted by Crippen LogP contribution is -2.25. The third-order valence-corrected chi connectivity index (χ3v) is 3.14. The Bertz CT molecular complexity index is 392. The largest absolute Gasteiger partial charge is 0.304 e. The SMILES string of the molecule is CCN(CC)CCc1ccc(Cl)c([N+](=O)[O-])c1. The van der Waals surface area contributed by atoms with Gasteiger partial charge in [-0.2, -0.15) is 0 Å². The van der Waals surface area contributed by atoms with Crippen LogP contribution in [0.3, 0.4) is 0 Å². The van der Waals surface area contributed by atoms with Crippen molar-refractivity contribution in [2.75, 3.05) is 19.6 Å². The van der Waals surface area contributed by atoms with Crippen LogP contribution in [0.25, 0.3) is 0 Å². The van der Waals surface area contributed by atoms with Gasteiger partial charge < -0.3 is 4.90 Å². The molecule has 4 nitrogen and oxygen atoms in total. The molecule has 5 heteroatoms. The highest BCUT2D eigenvalue weighted by molar-refractivity contribution is 6.32. The molecule has 1 aromatic rings. The van der Waals surface area contributed by atoms with Gasteiger partial charge in [0.15, 0.2) is 0 Å². The molecule has 0 fully saturated rings. The third-order valence-electron chi connectivity index (χ3n) is 2.82. The van der Waals surface area contributed by atoms with Crippen LogP contribution in [0.4, 0.5) is 5.69 Å². The van der Waals surface area contributed by atoms with Crippen molar-refractivity contribution in [2.24, 2.45) is 0 Å². The average Bonchev–Trinajstić information content (AvgIpc) is 2.32. The monoisotopic (exact) mass is 256 g/mol. The van der Waals surface area contributed by atoms with Crippen LogP contribution in [0.2, 0.25) is 5.02 Å². The zero-order valence-corrected chi connectivity index (χ0v) is 10.9. The molecule has 0 spiro atoms. The van der Waals surface area contributed by atoms with Crippen LogP contribution < -0.4 is 0 Å². The summed E-state index contributed by atoms with van der Waals surface area (Å²) < 4.78 is 0. The van der Waals surface area contributed by atoms with Gasteiger partial charge in [-0.1, -0.05) is 31.5 Å². The summed E-state index contributed by atoms with van der Waals surface area (Å²) in [6.07, 6.45) is 0.805. The molecule has 0 radical (unpaired) electrons. The number of hydrogen-bond donors (Lipinski definition) is 0. The quantitative estimate of drug-likeness (QED) is 0.580. The molecule has 0 bridgehead atoms. The van der Waals surface area contributed by atoms with Gasteiger partial charge in [0.1, 0.15) is 5.02 Å². The van der Waals surface area contributed by atoms with Gasteiger partial charge in [0, 0.05) is 12.6 Å². The number of benzene rings is 1. The number of rotatable bonds is 6. The molecule has 17 heavy (non-hydrogen) atoms. The lowest BCUT2D eigenvalue weighted by atomic mass is 10.1. The molecular weight excluding hydrogens is 240 g/mol. The molecule has 0 atom stereocenters. The van der Waals surface area contributed by atoms with E-state index < -0.39 is 4.92 Å². The first-order valence-electron chi connectivity index (χ1n) is 5.73. The first-order chi connectivity index (χ1) is 8.08. The Morgan fingerprint density at radius 2 is 2.00 bits per heavy atom. The molecule has 0 amide bonds. The molecule has 0 aliphatic carbocycles. The van der Waals surface area contributed by atoms with E-state index in [0.717, 1.165) is 31.6 Å². The summed E-state index contributed by atoms with van der Waals surface area (Å²) in [5.41, 5.74) is 0.941. The standard InChI is InChI=1S/C12H17ClN2O2/c1-3-14(4-2)8-7-10-5-6-11(13)12(9-10)15(16)17/h5-6,9H,3-4,7-8H2,1-2H3. The summed E-state index contributed by atoms with van der Waals surface area (Å²) in [4.78, 5) is 12.6. The van der Waals surface area contributed by atoms with Gasteiger partial charge in [0.05, 0.1) is 4.92 Å². The maximum atomic E-state index is 10.7. The van der Waals surface area contributed by atoms with E-state index >= 15 is 0 Å². The second kappa shape index (κ2) is 6.57. The molecule has 1 rings (SSSR count). The van der Waals surface area contributed by atoms with Gasteiger partial charge in [-0.25, -0.2) is 0 Å². The normalized spacial score (nSPS) is 10.8. The highest BCUT2D eigenvalue weighted by Gasteiger charge is 2.12. The van der Waals surface area contributed by atoms with E-state index in [4.69, 9.17) is 11.6 Å².